The van der Waals surface area contributed by atoms with Gasteiger partial charge in [-0.05, 0) is 19.3 Å². The Morgan fingerprint density at radius 3 is 2.64 bits per heavy atom. The van der Waals surface area contributed by atoms with Crippen molar-refractivity contribution >= 4 is 17.1 Å². The molecule has 2 aromatic rings. The molecule has 3 N–H and O–H groups in total. The van der Waals surface area contributed by atoms with E-state index in [9.17, 15) is 4.79 Å². The average Bonchev–Trinajstić information content (AvgIpc) is 3.17. The fourth-order valence-electron chi connectivity index (χ4n) is 2.35. The molecule has 0 spiro atoms. The first-order valence-electron chi connectivity index (χ1n) is 8.07. The van der Waals surface area contributed by atoms with Crippen molar-refractivity contribution in [1.29, 1.82) is 0 Å². The Kier molecular flexibility index (Phi) is 7.04. The zero-order chi connectivity index (χ0) is 16.7. The minimum atomic E-state index is -0.318. The lowest BCUT2D eigenvalue weighted by atomic mass is 10.2. The summed E-state index contributed by atoms with van der Waals surface area (Å²) in [4.78, 5) is 22.3. The van der Waals surface area contributed by atoms with Gasteiger partial charge in [-0.1, -0.05) is 34.6 Å². The highest BCUT2D eigenvalue weighted by Gasteiger charge is 2.27. The molecule has 7 nitrogen and oxygen atoms in total. The van der Waals surface area contributed by atoms with E-state index in [1.165, 1.54) is 0 Å². The summed E-state index contributed by atoms with van der Waals surface area (Å²) in [5.74, 6) is 0.0966. The molecule has 0 aliphatic carbocycles. The van der Waals surface area contributed by atoms with Crippen LogP contribution in [-0.2, 0) is 4.74 Å². The van der Waals surface area contributed by atoms with Crippen LogP contribution in [0.4, 0.5) is 5.95 Å². The van der Waals surface area contributed by atoms with Crippen LogP contribution in [0.1, 0.15) is 60.1 Å². The van der Waals surface area contributed by atoms with Crippen molar-refractivity contribution in [1.82, 2.24) is 19.5 Å². The summed E-state index contributed by atoms with van der Waals surface area (Å²) in [5, 5.41) is 0. The number of ether oxygens (including phenoxy) is 1. The lowest BCUT2D eigenvalue weighted by Crippen LogP contribution is -2.14. The van der Waals surface area contributed by atoms with Gasteiger partial charge in [-0.15, -0.1) is 0 Å². The molecule has 2 atom stereocenters. The van der Waals surface area contributed by atoms with Crippen molar-refractivity contribution < 1.29 is 4.74 Å². The van der Waals surface area contributed by atoms with E-state index in [0.717, 1.165) is 19.3 Å². The second-order valence-electron chi connectivity index (χ2n) is 4.47. The fraction of sp³-hybridized carbons (Fsp3) is 0.667. The van der Waals surface area contributed by atoms with Gasteiger partial charge in [0, 0.05) is 0 Å². The summed E-state index contributed by atoms with van der Waals surface area (Å²) in [6, 6.07) is 0. The molecule has 1 fully saturated rings. The molecule has 0 aromatic carbocycles. The number of nitrogens with zero attached hydrogens (tertiary/aromatic N) is 3. The van der Waals surface area contributed by atoms with E-state index in [1.54, 1.807) is 10.9 Å². The topological polar surface area (TPSA) is 98.8 Å². The van der Waals surface area contributed by atoms with Crippen LogP contribution in [0.15, 0.2) is 11.1 Å². The van der Waals surface area contributed by atoms with E-state index in [4.69, 9.17) is 10.5 Å². The zero-order valence-corrected chi connectivity index (χ0v) is 14.1. The Morgan fingerprint density at radius 2 is 2.05 bits per heavy atom. The van der Waals surface area contributed by atoms with Crippen LogP contribution >= 0.6 is 0 Å². The summed E-state index contributed by atoms with van der Waals surface area (Å²) in [6.07, 6.45) is 4.66. The number of hydrogen-bond acceptors (Lipinski definition) is 5. The number of anilines is 1. The molecule has 2 aromatic heterocycles. The van der Waals surface area contributed by atoms with Crippen LogP contribution in [-0.4, -0.2) is 25.6 Å². The maximum absolute atomic E-state index is 11.7. The van der Waals surface area contributed by atoms with Crippen molar-refractivity contribution in [3.8, 4) is 0 Å². The first-order chi connectivity index (χ1) is 10.7. The second kappa shape index (κ2) is 8.53. The number of nitrogens with two attached hydrogens (primary N) is 1. The smallest absolute Gasteiger partial charge is 0.280 e. The van der Waals surface area contributed by atoms with E-state index in [1.807, 2.05) is 27.7 Å². The normalized spacial score (nSPS) is 20.0. The molecule has 7 heteroatoms. The van der Waals surface area contributed by atoms with Crippen LogP contribution in [0.25, 0.3) is 11.2 Å². The number of aromatic amines is 1. The third kappa shape index (κ3) is 3.65. The molecule has 2 unspecified atom stereocenters. The highest BCUT2D eigenvalue weighted by molar-refractivity contribution is 5.70. The minimum absolute atomic E-state index is 0.0966. The molecular formula is C15H27N5O2. The Labute approximate surface area is 130 Å². The maximum atomic E-state index is 11.7. The lowest BCUT2D eigenvalue weighted by molar-refractivity contribution is 0.00290. The summed E-state index contributed by atoms with van der Waals surface area (Å²) in [7, 11) is 0. The molecule has 124 valence electrons. The molecule has 1 aliphatic heterocycles. The van der Waals surface area contributed by atoms with Gasteiger partial charge in [0.25, 0.3) is 5.56 Å². The molecule has 0 amide bonds. The van der Waals surface area contributed by atoms with E-state index in [-0.39, 0.29) is 23.8 Å². The van der Waals surface area contributed by atoms with Gasteiger partial charge in [0.1, 0.15) is 6.23 Å². The number of rotatable bonds is 2. The van der Waals surface area contributed by atoms with E-state index in [0.29, 0.717) is 11.2 Å². The SMILES string of the molecule is CC.CC.CCC1CCC(n2cnc3c(=O)[nH]c(N)nc32)O1. The van der Waals surface area contributed by atoms with Crippen molar-refractivity contribution in [2.45, 2.75) is 66.2 Å². The molecule has 1 aliphatic rings. The Morgan fingerprint density at radius 1 is 1.36 bits per heavy atom. The van der Waals surface area contributed by atoms with Crippen LogP contribution in [0, 0.1) is 0 Å². The molecule has 0 saturated carbocycles. The largest absolute Gasteiger partial charge is 0.369 e. The Balaban J connectivity index is 0.000000561. The van der Waals surface area contributed by atoms with E-state index < -0.39 is 0 Å². The van der Waals surface area contributed by atoms with Gasteiger partial charge in [-0.2, -0.15) is 4.98 Å². The van der Waals surface area contributed by atoms with Gasteiger partial charge in [0.05, 0.1) is 12.4 Å². The summed E-state index contributed by atoms with van der Waals surface area (Å²) in [5.41, 5.74) is 6.02. The predicted octanol–water partition coefficient (Wildman–Crippen LogP) is 2.84. The third-order valence-corrected chi connectivity index (χ3v) is 3.30. The molecule has 22 heavy (non-hydrogen) atoms. The number of imidazole rings is 1. The van der Waals surface area contributed by atoms with Crippen LogP contribution in [0.2, 0.25) is 0 Å². The lowest BCUT2D eigenvalue weighted by Gasteiger charge is -2.14. The number of fused-ring (bicyclic) bond motifs is 1. The van der Waals surface area contributed by atoms with Crippen molar-refractivity contribution in [2.24, 2.45) is 0 Å². The highest BCUT2D eigenvalue weighted by atomic mass is 16.5. The number of nitrogen functional groups attached to an aromatic ring is 1. The van der Waals surface area contributed by atoms with Crippen molar-refractivity contribution in [3.05, 3.63) is 16.7 Å². The average molecular weight is 309 g/mol. The quantitative estimate of drug-likeness (QED) is 0.888. The number of nitrogens with one attached hydrogen (secondary N) is 1. The molecule has 1 saturated heterocycles. The third-order valence-electron chi connectivity index (χ3n) is 3.30. The number of H-pyrrole nitrogens is 1. The molecule has 3 rings (SSSR count). The standard InChI is InChI=1S/C11H15N5O2.2C2H6/c1-2-6-3-4-7(18-6)16-5-13-8-9(16)14-11(12)15-10(8)17;2*1-2/h5-7H,2-4H2,1H3,(H3,12,14,15,17);2*1-2H3. The van der Waals surface area contributed by atoms with Gasteiger partial charge >= 0.3 is 0 Å². The predicted molar refractivity (Wildman–Crippen MR) is 88.7 cm³/mol. The fourth-order valence-corrected chi connectivity index (χ4v) is 2.35. The Hall–Kier alpha value is -1.89. The van der Waals surface area contributed by atoms with Gasteiger partial charge in [0.2, 0.25) is 5.95 Å². The van der Waals surface area contributed by atoms with Crippen LogP contribution in [0.5, 0.6) is 0 Å². The molecule has 3 heterocycles. The number of hydrogen-bond donors (Lipinski definition) is 2. The summed E-state index contributed by atoms with van der Waals surface area (Å²) >= 11 is 0. The van der Waals surface area contributed by atoms with E-state index in [2.05, 4.69) is 21.9 Å². The van der Waals surface area contributed by atoms with Gasteiger partial charge in [-0.3, -0.25) is 14.3 Å². The summed E-state index contributed by atoms with van der Waals surface area (Å²) < 4.78 is 7.66. The molecule has 0 radical (unpaired) electrons. The van der Waals surface area contributed by atoms with Crippen LogP contribution in [0.3, 0.4) is 0 Å². The van der Waals surface area contributed by atoms with E-state index >= 15 is 0 Å². The minimum Gasteiger partial charge on any atom is -0.369 e. The van der Waals surface area contributed by atoms with Gasteiger partial charge in [0.15, 0.2) is 11.2 Å². The van der Waals surface area contributed by atoms with Crippen LogP contribution < -0.4 is 11.3 Å². The van der Waals surface area contributed by atoms with Crippen molar-refractivity contribution in [2.75, 3.05) is 5.73 Å². The Bertz CT molecular complexity index is 634. The van der Waals surface area contributed by atoms with Gasteiger partial charge in [-0.25, -0.2) is 4.98 Å². The highest BCUT2D eigenvalue weighted by Crippen LogP contribution is 2.31. The summed E-state index contributed by atoms with van der Waals surface area (Å²) in [6.45, 7) is 10.1. The molecular weight excluding hydrogens is 282 g/mol. The maximum Gasteiger partial charge on any atom is 0.280 e. The van der Waals surface area contributed by atoms with Gasteiger partial charge < -0.3 is 10.5 Å². The zero-order valence-electron chi connectivity index (χ0n) is 14.1. The monoisotopic (exact) mass is 309 g/mol. The first-order valence-corrected chi connectivity index (χ1v) is 8.07. The van der Waals surface area contributed by atoms with Crippen molar-refractivity contribution in [3.63, 3.8) is 0 Å². The second-order valence-corrected chi connectivity index (χ2v) is 4.47. The number of aromatic nitrogens is 4. The first kappa shape index (κ1) is 18.2. The molecule has 0 bridgehead atoms.